The summed E-state index contributed by atoms with van der Waals surface area (Å²) in [5.74, 6) is -0.541. The molecule has 0 bridgehead atoms. The average Bonchev–Trinajstić information content (AvgIpc) is 2.45. The van der Waals surface area contributed by atoms with Crippen LogP contribution in [0.1, 0.15) is 5.56 Å². The van der Waals surface area contributed by atoms with Gasteiger partial charge in [-0.1, -0.05) is 11.6 Å². The smallest absolute Gasteiger partial charge is 0.346 e. The molecule has 7 heteroatoms. The predicted molar refractivity (Wildman–Crippen MR) is 83.3 cm³/mol. The molecule has 0 fully saturated rings. The van der Waals surface area contributed by atoms with Gasteiger partial charge in [0.05, 0.1) is 12.1 Å². The number of methoxy groups -OCH3 is 1. The van der Waals surface area contributed by atoms with Gasteiger partial charge in [-0.2, -0.15) is 5.26 Å². The number of carboxylic acid groups (broad SMARTS) is 1. The van der Waals surface area contributed by atoms with E-state index in [1.807, 2.05) is 19.0 Å². The normalized spacial score (nSPS) is 11.2. The van der Waals surface area contributed by atoms with Crippen molar-refractivity contribution < 1.29 is 19.4 Å². The molecule has 0 atom stereocenters. The van der Waals surface area contributed by atoms with Crippen LogP contribution in [0, 0.1) is 11.3 Å². The van der Waals surface area contributed by atoms with E-state index in [2.05, 4.69) is 0 Å². The molecule has 1 aromatic rings. The molecule has 0 radical (unpaired) electrons. The van der Waals surface area contributed by atoms with E-state index >= 15 is 0 Å². The van der Waals surface area contributed by atoms with Crippen molar-refractivity contribution in [2.45, 2.75) is 0 Å². The molecule has 0 amide bonds. The number of hydrogen-bond donors (Lipinski definition) is 1. The third-order valence-electron chi connectivity index (χ3n) is 2.70. The van der Waals surface area contributed by atoms with Gasteiger partial charge >= 0.3 is 5.97 Å². The zero-order valence-electron chi connectivity index (χ0n) is 12.6. The fourth-order valence-corrected chi connectivity index (χ4v) is 1.88. The Labute approximate surface area is 134 Å². The summed E-state index contributed by atoms with van der Waals surface area (Å²) in [5.41, 5.74) is 0.0557. The lowest BCUT2D eigenvalue weighted by molar-refractivity contribution is -0.132. The lowest BCUT2D eigenvalue weighted by atomic mass is 10.1. The molecule has 22 heavy (non-hydrogen) atoms. The Balaban J connectivity index is 3.10. The Morgan fingerprint density at radius 3 is 2.68 bits per heavy atom. The van der Waals surface area contributed by atoms with Crippen LogP contribution in [0.2, 0.25) is 5.02 Å². The van der Waals surface area contributed by atoms with Crippen molar-refractivity contribution in [1.82, 2.24) is 4.90 Å². The largest absolute Gasteiger partial charge is 0.493 e. The summed E-state index contributed by atoms with van der Waals surface area (Å²) < 4.78 is 10.8. The lowest BCUT2D eigenvalue weighted by Crippen LogP contribution is -2.19. The summed E-state index contributed by atoms with van der Waals surface area (Å²) in [7, 11) is 5.30. The number of ether oxygens (including phenoxy) is 2. The van der Waals surface area contributed by atoms with Crippen molar-refractivity contribution in [3.8, 4) is 17.6 Å². The number of benzene rings is 1. The standard InChI is InChI=1S/C15H17ClN2O4/c1-18(2)4-5-22-14-12(16)7-10(8-13(14)21-3)6-11(9-17)15(19)20/h6-8H,4-5H2,1-3H3,(H,19,20). The van der Waals surface area contributed by atoms with Gasteiger partial charge in [-0.25, -0.2) is 4.79 Å². The summed E-state index contributed by atoms with van der Waals surface area (Å²) >= 11 is 6.16. The topological polar surface area (TPSA) is 82.8 Å². The molecule has 0 saturated carbocycles. The summed E-state index contributed by atoms with van der Waals surface area (Å²) in [6.07, 6.45) is 1.22. The first-order valence-corrected chi connectivity index (χ1v) is 6.77. The molecule has 0 aliphatic rings. The van der Waals surface area contributed by atoms with Crippen molar-refractivity contribution in [2.24, 2.45) is 0 Å². The fraction of sp³-hybridized carbons (Fsp3) is 0.333. The highest BCUT2D eigenvalue weighted by atomic mass is 35.5. The van der Waals surface area contributed by atoms with Crippen molar-refractivity contribution in [3.05, 3.63) is 28.3 Å². The van der Waals surface area contributed by atoms with Crippen LogP contribution in [-0.4, -0.2) is 50.3 Å². The quantitative estimate of drug-likeness (QED) is 0.612. The number of nitrogens with zero attached hydrogens (tertiary/aromatic N) is 2. The molecule has 1 rings (SSSR count). The minimum Gasteiger partial charge on any atom is -0.493 e. The number of nitriles is 1. The van der Waals surface area contributed by atoms with E-state index in [0.29, 0.717) is 30.2 Å². The van der Waals surface area contributed by atoms with Crippen LogP contribution in [0.5, 0.6) is 11.5 Å². The maximum atomic E-state index is 10.9. The summed E-state index contributed by atoms with van der Waals surface area (Å²) in [6.45, 7) is 1.13. The molecule has 0 aliphatic carbocycles. The van der Waals surface area contributed by atoms with Crippen LogP contribution in [0.25, 0.3) is 6.08 Å². The Bertz CT molecular complexity index is 621. The number of carboxylic acids is 1. The Hall–Kier alpha value is -2.23. The summed E-state index contributed by atoms with van der Waals surface area (Å²) in [4.78, 5) is 12.8. The number of carbonyl (C=O) groups is 1. The molecule has 1 N–H and O–H groups in total. The Kier molecular flexibility index (Phi) is 6.70. The number of hydrogen-bond acceptors (Lipinski definition) is 5. The van der Waals surface area contributed by atoms with Gasteiger partial charge in [0.25, 0.3) is 0 Å². The molecule has 6 nitrogen and oxygen atoms in total. The van der Waals surface area contributed by atoms with E-state index in [9.17, 15) is 4.79 Å². The molecule has 118 valence electrons. The highest BCUT2D eigenvalue weighted by molar-refractivity contribution is 6.32. The molecule has 1 aromatic carbocycles. The fourth-order valence-electron chi connectivity index (χ4n) is 1.60. The van der Waals surface area contributed by atoms with Gasteiger partial charge in [0.2, 0.25) is 0 Å². The zero-order chi connectivity index (χ0) is 16.7. The van der Waals surface area contributed by atoms with Crippen molar-refractivity contribution in [1.29, 1.82) is 5.26 Å². The van der Waals surface area contributed by atoms with Crippen LogP contribution in [0.4, 0.5) is 0 Å². The predicted octanol–water partition coefficient (Wildman–Crippen LogP) is 2.28. The third kappa shape index (κ3) is 4.95. The van der Waals surface area contributed by atoms with Crippen LogP contribution in [0.15, 0.2) is 17.7 Å². The minimum atomic E-state index is -1.30. The number of likely N-dealkylation sites (N-methyl/N-ethyl adjacent to an activating group) is 1. The van der Waals surface area contributed by atoms with Crippen LogP contribution in [0.3, 0.4) is 0 Å². The summed E-state index contributed by atoms with van der Waals surface area (Å²) in [5, 5.41) is 17.9. The maximum absolute atomic E-state index is 10.9. The number of aliphatic carboxylic acids is 1. The van der Waals surface area contributed by atoms with E-state index in [1.54, 1.807) is 12.1 Å². The minimum absolute atomic E-state index is 0.284. The second-order valence-corrected chi connectivity index (χ2v) is 5.07. The lowest BCUT2D eigenvalue weighted by Gasteiger charge is -2.15. The molecule has 0 unspecified atom stereocenters. The highest BCUT2D eigenvalue weighted by Crippen LogP contribution is 2.37. The van der Waals surface area contributed by atoms with E-state index in [0.717, 1.165) is 0 Å². The van der Waals surface area contributed by atoms with Gasteiger partial charge < -0.3 is 19.5 Å². The first kappa shape index (κ1) is 17.8. The van der Waals surface area contributed by atoms with Crippen LogP contribution in [-0.2, 0) is 4.79 Å². The second-order valence-electron chi connectivity index (χ2n) is 4.66. The van der Waals surface area contributed by atoms with Gasteiger partial charge in [-0.05, 0) is 37.9 Å². The number of rotatable bonds is 7. The van der Waals surface area contributed by atoms with Crippen molar-refractivity contribution >= 4 is 23.6 Å². The van der Waals surface area contributed by atoms with E-state index < -0.39 is 5.97 Å². The van der Waals surface area contributed by atoms with Crippen LogP contribution < -0.4 is 9.47 Å². The van der Waals surface area contributed by atoms with Gasteiger partial charge in [0.15, 0.2) is 11.5 Å². The van der Waals surface area contributed by atoms with E-state index in [1.165, 1.54) is 19.3 Å². The number of halogens is 1. The molecule has 0 aliphatic heterocycles. The van der Waals surface area contributed by atoms with Gasteiger partial charge in [0, 0.05) is 6.54 Å². The third-order valence-corrected chi connectivity index (χ3v) is 2.98. The second kappa shape index (κ2) is 8.27. The SMILES string of the molecule is COc1cc(C=C(C#N)C(=O)O)cc(Cl)c1OCCN(C)C. The van der Waals surface area contributed by atoms with Crippen molar-refractivity contribution in [2.75, 3.05) is 34.4 Å². The molecule has 0 heterocycles. The monoisotopic (exact) mass is 324 g/mol. The van der Waals surface area contributed by atoms with Crippen LogP contribution >= 0.6 is 11.6 Å². The van der Waals surface area contributed by atoms with Crippen molar-refractivity contribution in [3.63, 3.8) is 0 Å². The van der Waals surface area contributed by atoms with E-state index in [4.69, 9.17) is 31.4 Å². The van der Waals surface area contributed by atoms with Gasteiger partial charge in [0.1, 0.15) is 18.2 Å². The zero-order valence-corrected chi connectivity index (χ0v) is 13.3. The maximum Gasteiger partial charge on any atom is 0.346 e. The molecule has 0 aromatic heterocycles. The Morgan fingerprint density at radius 1 is 1.50 bits per heavy atom. The van der Waals surface area contributed by atoms with Gasteiger partial charge in [-0.3, -0.25) is 0 Å². The molecular formula is C15H17ClN2O4. The average molecular weight is 325 g/mol. The first-order valence-electron chi connectivity index (χ1n) is 6.39. The molecule has 0 spiro atoms. The highest BCUT2D eigenvalue weighted by Gasteiger charge is 2.13. The molecular weight excluding hydrogens is 308 g/mol. The van der Waals surface area contributed by atoms with E-state index in [-0.39, 0.29) is 10.6 Å². The van der Waals surface area contributed by atoms with Gasteiger partial charge in [-0.15, -0.1) is 0 Å². The first-order chi connectivity index (χ1) is 10.4. The Morgan fingerprint density at radius 2 is 2.18 bits per heavy atom. The molecule has 0 saturated heterocycles. The summed E-state index contributed by atoms with van der Waals surface area (Å²) in [6, 6.07) is 4.70.